The Hall–Kier alpha value is -1.06. The number of rotatable bonds is 7. The molecule has 1 saturated heterocycles. The Bertz CT molecular complexity index is 377. The molecule has 0 aromatic rings. The Morgan fingerprint density at radius 1 is 1.53 bits per heavy atom. The Morgan fingerprint density at radius 3 is 2.89 bits per heavy atom. The summed E-state index contributed by atoms with van der Waals surface area (Å²) in [6.45, 7) is 8.45. The third-order valence-electron chi connectivity index (χ3n) is 3.28. The van der Waals surface area contributed by atoms with E-state index in [1.165, 1.54) is 6.42 Å². The third kappa shape index (κ3) is 7.19. The SMILES string of the molecule is C=C(Cl)/C=C\C(=C/C)CN=C(N)CCC1CCNC1. The van der Waals surface area contributed by atoms with Crippen molar-refractivity contribution in [2.75, 3.05) is 19.6 Å². The summed E-state index contributed by atoms with van der Waals surface area (Å²) in [4.78, 5) is 4.42. The normalized spacial score (nSPS) is 21.3. The van der Waals surface area contributed by atoms with Gasteiger partial charge in [0.1, 0.15) is 0 Å². The minimum Gasteiger partial charge on any atom is -0.387 e. The van der Waals surface area contributed by atoms with Crippen LogP contribution in [-0.4, -0.2) is 25.5 Å². The van der Waals surface area contributed by atoms with E-state index in [-0.39, 0.29) is 0 Å². The van der Waals surface area contributed by atoms with Gasteiger partial charge in [-0.1, -0.05) is 30.3 Å². The van der Waals surface area contributed by atoms with Crippen LogP contribution in [0.3, 0.4) is 0 Å². The molecule has 0 aromatic carbocycles. The van der Waals surface area contributed by atoms with E-state index in [1.54, 1.807) is 6.08 Å². The van der Waals surface area contributed by atoms with Crippen molar-refractivity contribution < 1.29 is 0 Å². The molecule has 0 saturated carbocycles. The molecule has 0 spiro atoms. The summed E-state index contributed by atoms with van der Waals surface area (Å²) in [5, 5.41) is 3.88. The molecular formula is C15H24ClN3. The van der Waals surface area contributed by atoms with E-state index >= 15 is 0 Å². The van der Waals surface area contributed by atoms with E-state index in [1.807, 2.05) is 19.1 Å². The largest absolute Gasteiger partial charge is 0.387 e. The van der Waals surface area contributed by atoms with Crippen LogP contribution in [0, 0.1) is 5.92 Å². The standard InChI is InChI=1S/C15H24ClN3/c1-3-13(5-4-12(2)16)11-19-15(17)7-6-14-8-9-18-10-14/h3-5,14,18H,2,6-11H2,1H3,(H2,17,19)/b5-4-,13-3+. The number of amidine groups is 1. The van der Waals surface area contributed by atoms with Gasteiger partial charge in [0.15, 0.2) is 0 Å². The monoisotopic (exact) mass is 281 g/mol. The first-order valence-corrected chi connectivity index (χ1v) is 7.16. The van der Waals surface area contributed by atoms with Crippen molar-refractivity contribution in [1.29, 1.82) is 0 Å². The highest BCUT2D eigenvalue weighted by Crippen LogP contribution is 2.14. The summed E-state index contributed by atoms with van der Waals surface area (Å²) >= 11 is 5.69. The van der Waals surface area contributed by atoms with Gasteiger partial charge in [0.25, 0.3) is 0 Å². The van der Waals surface area contributed by atoms with Crippen LogP contribution < -0.4 is 11.1 Å². The summed E-state index contributed by atoms with van der Waals surface area (Å²) in [6, 6.07) is 0. The van der Waals surface area contributed by atoms with E-state index in [4.69, 9.17) is 17.3 Å². The summed E-state index contributed by atoms with van der Waals surface area (Å²) in [5.74, 6) is 1.50. The van der Waals surface area contributed by atoms with Crippen LogP contribution in [0.5, 0.6) is 0 Å². The first kappa shape index (κ1) is 16.0. The highest BCUT2D eigenvalue weighted by Gasteiger charge is 2.14. The van der Waals surface area contributed by atoms with E-state index in [0.717, 1.165) is 43.3 Å². The van der Waals surface area contributed by atoms with Crippen molar-refractivity contribution in [2.45, 2.75) is 26.2 Å². The molecule has 19 heavy (non-hydrogen) atoms. The minimum atomic E-state index is 0.519. The molecule has 1 aliphatic rings. The van der Waals surface area contributed by atoms with Crippen molar-refractivity contribution in [3.05, 3.63) is 35.4 Å². The van der Waals surface area contributed by atoms with Crippen LogP contribution in [0.15, 0.2) is 40.4 Å². The second-order valence-electron chi connectivity index (χ2n) is 4.85. The molecule has 3 nitrogen and oxygen atoms in total. The molecular weight excluding hydrogens is 258 g/mol. The van der Waals surface area contributed by atoms with Crippen LogP contribution in [0.1, 0.15) is 26.2 Å². The van der Waals surface area contributed by atoms with Gasteiger partial charge in [0, 0.05) is 11.5 Å². The molecule has 0 radical (unpaired) electrons. The lowest BCUT2D eigenvalue weighted by Crippen LogP contribution is -2.16. The van der Waals surface area contributed by atoms with E-state index in [0.29, 0.717) is 11.6 Å². The van der Waals surface area contributed by atoms with Crippen molar-refractivity contribution in [2.24, 2.45) is 16.6 Å². The summed E-state index contributed by atoms with van der Waals surface area (Å²) < 4.78 is 0. The number of hydrogen-bond donors (Lipinski definition) is 2. The number of nitrogens with two attached hydrogens (primary N) is 1. The summed E-state index contributed by atoms with van der Waals surface area (Å²) in [5.41, 5.74) is 7.04. The van der Waals surface area contributed by atoms with Gasteiger partial charge in [-0.25, -0.2) is 0 Å². The van der Waals surface area contributed by atoms with Gasteiger partial charge in [-0.15, -0.1) is 0 Å². The van der Waals surface area contributed by atoms with Crippen LogP contribution in [0.4, 0.5) is 0 Å². The lowest BCUT2D eigenvalue weighted by Gasteiger charge is -2.07. The first-order chi connectivity index (χ1) is 9.11. The maximum absolute atomic E-state index is 5.95. The molecule has 1 rings (SSSR count). The maximum Gasteiger partial charge on any atom is 0.0941 e. The average molecular weight is 282 g/mol. The van der Waals surface area contributed by atoms with Crippen molar-refractivity contribution in [1.82, 2.24) is 5.32 Å². The van der Waals surface area contributed by atoms with Crippen LogP contribution >= 0.6 is 11.6 Å². The number of hydrogen-bond acceptors (Lipinski definition) is 2. The van der Waals surface area contributed by atoms with Crippen LogP contribution in [0.2, 0.25) is 0 Å². The smallest absolute Gasteiger partial charge is 0.0941 e. The molecule has 1 atom stereocenters. The van der Waals surface area contributed by atoms with Crippen LogP contribution in [0.25, 0.3) is 0 Å². The zero-order chi connectivity index (χ0) is 14.1. The fourth-order valence-electron chi connectivity index (χ4n) is 2.02. The lowest BCUT2D eigenvalue weighted by atomic mass is 10.0. The van der Waals surface area contributed by atoms with Crippen molar-refractivity contribution in [3.8, 4) is 0 Å². The number of halogens is 1. The summed E-state index contributed by atoms with van der Waals surface area (Å²) in [6.07, 6.45) is 8.97. The van der Waals surface area contributed by atoms with Gasteiger partial charge in [0.05, 0.1) is 12.4 Å². The average Bonchev–Trinajstić information content (AvgIpc) is 2.89. The molecule has 3 N–H and O–H groups in total. The highest BCUT2D eigenvalue weighted by atomic mass is 35.5. The molecule has 1 aliphatic heterocycles. The molecule has 1 heterocycles. The van der Waals surface area contributed by atoms with Gasteiger partial charge >= 0.3 is 0 Å². The fourth-order valence-corrected chi connectivity index (χ4v) is 2.09. The van der Waals surface area contributed by atoms with E-state index < -0.39 is 0 Å². The van der Waals surface area contributed by atoms with Gasteiger partial charge < -0.3 is 11.1 Å². The van der Waals surface area contributed by atoms with Gasteiger partial charge in [-0.3, -0.25) is 4.99 Å². The van der Waals surface area contributed by atoms with E-state index in [9.17, 15) is 0 Å². The lowest BCUT2D eigenvalue weighted by molar-refractivity contribution is 0.544. The second-order valence-corrected chi connectivity index (χ2v) is 5.33. The van der Waals surface area contributed by atoms with Crippen molar-refractivity contribution in [3.63, 3.8) is 0 Å². The zero-order valence-corrected chi connectivity index (χ0v) is 12.4. The molecule has 0 aromatic heterocycles. The molecule has 0 bridgehead atoms. The number of nitrogens with zero attached hydrogens (tertiary/aromatic N) is 1. The van der Waals surface area contributed by atoms with Crippen LogP contribution in [-0.2, 0) is 0 Å². The Kier molecular flexibility index (Phi) is 7.53. The predicted octanol–water partition coefficient (Wildman–Crippen LogP) is 2.99. The Balaban J connectivity index is 2.34. The molecule has 106 valence electrons. The molecule has 0 amide bonds. The zero-order valence-electron chi connectivity index (χ0n) is 11.7. The number of allylic oxidation sites excluding steroid dienone is 3. The molecule has 1 unspecified atom stereocenters. The number of aliphatic imine (C=N–C) groups is 1. The van der Waals surface area contributed by atoms with Gasteiger partial charge in [-0.2, -0.15) is 0 Å². The van der Waals surface area contributed by atoms with Gasteiger partial charge in [0.2, 0.25) is 0 Å². The highest BCUT2D eigenvalue weighted by molar-refractivity contribution is 6.30. The van der Waals surface area contributed by atoms with E-state index in [2.05, 4.69) is 16.9 Å². The molecule has 1 fully saturated rings. The van der Waals surface area contributed by atoms with Gasteiger partial charge in [-0.05, 0) is 50.4 Å². The summed E-state index contributed by atoms with van der Waals surface area (Å²) in [7, 11) is 0. The fraction of sp³-hybridized carbons (Fsp3) is 0.533. The third-order valence-corrected chi connectivity index (χ3v) is 3.41. The first-order valence-electron chi connectivity index (χ1n) is 6.79. The quantitative estimate of drug-likeness (QED) is 0.428. The van der Waals surface area contributed by atoms with Crippen molar-refractivity contribution >= 4 is 17.4 Å². The molecule has 4 heteroatoms. The Morgan fingerprint density at radius 2 is 2.32 bits per heavy atom. The maximum atomic E-state index is 5.95. The molecule has 0 aliphatic carbocycles. The number of nitrogens with one attached hydrogen (secondary N) is 1. The second kappa shape index (κ2) is 8.94. The topological polar surface area (TPSA) is 50.4 Å². The minimum absolute atomic E-state index is 0.519. The predicted molar refractivity (Wildman–Crippen MR) is 84.6 cm³/mol. The Labute approximate surface area is 121 Å².